The molecule has 1 atom stereocenters. The van der Waals surface area contributed by atoms with Crippen LogP contribution in [0.4, 0.5) is 0 Å². The van der Waals surface area contributed by atoms with Crippen molar-refractivity contribution < 1.29 is 4.79 Å². The average molecular weight is 206 g/mol. The lowest BCUT2D eigenvalue weighted by molar-refractivity contribution is -0.123. The molecule has 0 radical (unpaired) electrons. The molecule has 1 unspecified atom stereocenters. The Morgan fingerprint density at radius 3 is 3.07 bits per heavy atom. The number of Topliss-reactive ketones (excluding diaryl/α,β-unsaturated/α-hetero) is 1. The highest BCUT2D eigenvalue weighted by Gasteiger charge is 2.42. The summed E-state index contributed by atoms with van der Waals surface area (Å²) >= 11 is 1.51. The zero-order valence-corrected chi connectivity index (χ0v) is 8.51. The predicted molar refractivity (Wildman–Crippen MR) is 52.7 cm³/mol. The smallest absolute Gasteiger partial charge is 0.153 e. The number of aromatic nitrogens is 1. The molecule has 0 aromatic carbocycles. The Kier molecular flexibility index (Phi) is 2.34. The molecule has 1 saturated carbocycles. The van der Waals surface area contributed by atoms with Gasteiger partial charge in [0.15, 0.2) is 5.78 Å². The topological polar surface area (TPSA) is 53.8 Å². The fraction of sp³-hybridized carbons (Fsp3) is 0.500. The minimum absolute atomic E-state index is 0.0928. The lowest BCUT2D eigenvalue weighted by atomic mass is 9.84. The van der Waals surface area contributed by atoms with Crippen molar-refractivity contribution in [2.24, 2.45) is 5.41 Å². The number of carbonyl (C=O) groups is 1. The maximum Gasteiger partial charge on any atom is 0.153 e. The first-order chi connectivity index (χ1) is 6.77. The Labute approximate surface area is 86.4 Å². The quantitative estimate of drug-likeness (QED) is 0.743. The fourth-order valence-electron chi connectivity index (χ4n) is 1.87. The molecule has 1 aromatic rings. The van der Waals surface area contributed by atoms with E-state index in [9.17, 15) is 4.79 Å². The standard InChI is InChI=1S/C10H10N2OS/c11-7-10(3-1-2-8(10)13)6-9-12-4-5-14-9/h4-5H,1-3,6H2. The summed E-state index contributed by atoms with van der Waals surface area (Å²) in [7, 11) is 0. The van der Waals surface area contributed by atoms with E-state index in [-0.39, 0.29) is 5.78 Å². The Morgan fingerprint density at radius 1 is 1.71 bits per heavy atom. The average Bonchev–Trinajstić information content (AvgIpc) is 2.79. The van der Waals surface area contributed by atoms with Crippen LogP contribution in [0.5, 0.6) is 0 Å². The van der Waals surface area contributed by atoms with Crippen LogP contribution in [-0.4, -0.2) is 10.8 Å². The molecule has 1 aromatic heterocycles. The normalized spacial score (nSPS) is 26.4. The van der Waals surface area contributed by atoms with Gasteiger partial charge >= 0.3 is 0 Å². The van der Waals surface area contributed by atoms with Gasteiger partial charge in [-0.2, -0.15) is 5.26 Å². The zero-order valence-electron chi connectivity index (χ0n) is 7.69. The molecule has 1 aliphatic rings. The van der Waals surface area contributed by atoms with Crippen molar-refractivity contribution in [3.63, 3.8) is 0 Å². The Hall–Kier alpha value is -1.21. The highest BCUT2D eigenvalue weighted by Crippen LogP contribution is 2.37. The number of ketones is 1. The van der Waals surface area contributed by atoms with Gasteiger partial charge in [-0.3, -0.25) is 4.79 Å². The highest BCUT2D eigenvalue weighted by atomic mass is 32.1. The Bertz CT molecular complexity index is 379. The monoisotopic (exact) mass is 206 g/mol. The molecule has 1 aliphatic carbocycles. The lowest BCUT2D eigenvalue weighted by Crippen LogP contribution is -2.26. The van der Waals surface area contributed by atoms with Gasteiger partial charge in [-0.15, -0.1) is 11.3 Å². The van der Waals surface area contributed by atoms with Gasteiger partial charge in [0.05, 0.1) is 11.1 Å². The van der Waals surface area contributed by atoms with Crippen LogP contribution in [0.3, 0.4) is 0 Å². The van der Waals surface area contributed by atoms with Crippen LogP contribution >= 0.6 is 11.3 Å². The number of rotatable bonds is 2. The number of nitriles is 1. The molecule has 2 rings (SSSR count). The SMILES string of the molecule is N#CC1(Cc2nccs2)CCCC1=O. The Morgan fingerprint density at radius 2 is 2.57 bits per heavy atom. The van der Waals surface area contributed by atoms with E-state index in [1.54, 1.807) is 6.20 Å². The predicted octanol–water partition coefficient (Wildman–Crippen LogP) is 1.95. The molecule has 0 amide bonds. The van der Waals surface area contributed by atoms with Crippen LogP contribution in [0.2, 0.25) is 0 Å². The van der Waals surface area contributed by atoms with Crippen molar-refractivity contribution in [1.29, 1.82) is 5.26 Å². The van der Waals surface area contributed by atoms with E-state index in [2.05, 4.69) is 11.1 Å². The largest absolute Gasteiger partial charge is 0.298 e. The second-order valence-corrected chi connectivity index (χ2v) is 4.55. The maximum absolute atomic E-state index is 11.6. The third kappa shape index (κ3) is 1.44. The van der Waals surface area contributed by atoms with Gasteiger partial charge in [-0.25, -0.2) is 4.98 Å². The van der Waals surface area contributed by atoms with Crippen molar-refractivity contribution in [1.82, 2.24) is 4.98 Å². The third-order valence-electron chi connectivity index (χ3n) is 2.69. The maximum atomic E-state index is 11.6. The van der Waals surface area contributed by atoms with Crippen LogP contribution in [0.25, 0.3) is 0 Å². The summed E-state index contributed by atoms with van der Waals surface area (Å²) in [5.74, 6) is 0.0928. The molecule has 72 valence electrons. The van der Waals surface area contributed by atoms with Crippen molar-refractivity contribution >= 4 is 17.1 Å². The van der Waals surface area contributed by atoms with Crippen molar-refractivity contribution in [3.05, 3.63) is 16.6 Å². The summed E-state index contributed by atoms with van der Waals surface area (Å²) in [6.45, 7) is 0. The van der Waals surface area contributed by atoms with Crippen LogP contribution in [0.15, 0.2) is 11.6 Å². The van der Waals surface area contributed by atoms with E-state index < -0.39 is 5.41 Å². The van der Waals surface area contributed by atoms with Crippen LogP contribution in [-0.2, 0) is 11.2 Å². The minimum Gasteiger partial charge on any atom is -0.298 e. The van der Waals surface area contributed by atoms with Gasteiger partial charge < -0.3 is 0 Å². The van der Waals surface area contributed by atoms with Gasteiger partial charge in [0.25, 0.3) is 0 Å². The Balaban J connectivity index is 2.23. The van der Waals surface area contributed by atoms with E-state index in [0.29, 0.717) is 19.3 Å². The molecular weight excluding hydrogens is 196 g/mol. The number of nitrogens with zero attached hydrogens (tertiary/aromatic N) is 2. The molecule has 3 nitrogen and oxygen atoms in total. The summed E-state index contributed by atoms with van der Waals surface area (Å²) in [5.41, 5.74) is -0.766. The summed E-state index contributed by atoms with van der Waals surface area (Å²) < 4.78 is 0. The van der Waals surface area contributed by atoms with Crippen LogP contribution < -0.4 is 0 Å². The molecule has 0 bridgehead atoms. The lowest BCUT2D eigenvalue weighted by Gasteiger charge is -2.16. The van der Waals surface area contributed by atoms with E-state index in [4.69, 9.17) is 5.26 Å². The number of hydrogen-bond acceptors (Lipinski definition) is 4. The fourth-order valence-corrected chi connectivity index (χ4v) is 2.60. The third-order valence-corrected chi connectivity index (χ3v) is 3.47. The highest BCUT2D eigenvalue weighted by molar-refractivity contribution is 7.09. The van der Waals surface area contributed by atoms with E-state index in [1.165, 1.54) is 11.3 Å². The molecule has 4 heteroatoms. The van der Waals surface area contributed by atoms with Crippen molar-refractivity contribution in [3.8, 4) is 6.07 Å². The second kappa shape index (κ2) is 3.50. The summed E-state index contributed by atoms with van der Waals surface area (Å²) in [5, 5.41) is 11.9. The zero-order chi connectivity index (χ0) is 10.0. The van der Waals surface area contributed by atoms with E-state index >= 15 is 0 Å². The summed E-state index contributed by atoms with van der Waals surface area (Å²) in [6, 6.07) is 2.18. The molecule has 0 saturated heterocycles. The summed E-state index contributed by atoms with van der Waals surface area (Å²) in [4.78, 5) is 15.7. The molecule has 0 spiro atoms. The first-order valence-corrected chi connectivity index (χ1v) is 5.48. The van der Waals surface area contributed by atoms with E-state index in [0.717, 1.165) is 11.4 Å². The minimum atomic E-state index is -0.766. The van der Waals surface area contributed by atoms with E-state index in [1.807, 2.05) is 5.38 Å². The number of carbonyl (C=O) groups excluding carboxylic acids is 1. The van der Waals surface area contributed by atoms with Gasteiger partial charge in [-0.1, -0.05) is 0 Å². The van der Waals surface area contributed by atoms with Crippen molar-refractivity contribution in [2.45, 2.75) is 25.7 Å². The molecule has 0 N–H and O–H groups in total. The van der Waals surface area contributed by atoms with Crippen molar-refractivity contribution in [2.75, 3.05) is 0 Å². The molecule has 0 aliphatic heterocycles. The summed E-state index contributed by atoms with van der Waals surface area (Å²) in [6.07, 6.45) is 4.31. The first-order valence-electron chi connectivity index (χ1n) is 4.60. The number of hydrogen-bond donors (Lipinski definition) is 0. The van der Waals surface area contributed by atoms with Crippen LogP contribution in [0, 0.1) is 16.7 Å². The van der Waals surface area contributed by atoms with Gasteiger partial charge in [-0.05, 0) is 12.8 Å². The molecule has 1 fully saturated rings. The second-order valence-electron chi connectivity index (χ2n) is 3.57. The van der Waals surface area contributed by atoms with Gasteiger partial charge in [0, 0.05) is 24.4 Å². The van der Waals surface area contributed by atoms with Gasteiger partial charge in [0.2, 0.25) is 0 Å². The number of thiazole rings is 1. The van der Waals surface area contributed by atoms with Gasteiger partial charge in [0.1, 0.15) is 5.41 Å². The molecular formula is C10H10N2OS. The molecule has 14 heavy (non-hydrogen) atoms. The van der Waals surface area contributed by atoms with Crippen LogP contribution in [0.1, 0.15) is 24.3 Å². The first kappa shape index (κ1) is 9.35. The molecule has 1 heterocycles.